The Hall–Kier alpha value is -1.89. The summed E-state index contributed by atoms with van der Waals surface area (Å²) in [5.41, 5.74) is 3.34. The van der Waals surface area contributed by atoms with Crippen LogP contribution >= 0.6 is 0 Å². The first-order valence-electron chi connectivity index (χ1n) is 5.84. The minimum Gasteiger partial charge on any atom is -0.877 e. The van der Waals surface area contributed by atoms with Gasteiger partial charge in [-0.3, -0.25) is 0 Å². The van der Waals surface area contributed by atoms with Crippen molar-refractivity contribution in [1.29, 1.82) is 0 Å². The molecule has 0 aromatic heterocycles. The number of benzene rings is 1. The van der Waals surface area contributed by atoms with Gasteiger partial charge in [0.05, 0.1) is 0 Å². The number of allylic oxidation sites excluding steroid dienone is 5. The SMILES string of the molecule is [Fe+2].[O-]C=C1C=CC=C1.c1ccc(-c2ccc[cH-]2)cc1. The first-order valence-corrected chi connectivity index (χ1v) is 5.84. The Bertz CT molecular complexity index is 534. The zero-order chi connectivity index (χ0) is 12.6. The molecule has 3 rings (SSSR count). The molecule has 1 aliphatic rings. The van der Waals surface area contributed by atoms with E-state index in [2.05, 4.69) is 48.5 Å². The van der Waals surface area contributed by atoms with Crippen LogP contribution in [0.5, 0.6) is 0 Å². The van der Waals surface area contributed by atoms with Crippen molar-refractivity contribution >= 4 is 0 Å². The van der Waals surface area contributed by atoms with Crippen molar-refractivity contribution in [2.24, 2.45) is 0 Å². The van der Waals surface area contributed by atoms with Crippen molar-refractivity contribution in [1.82, 2.24) is 0 Å². The van der Waals surface area contributed by atoms with Crippen LogP contribution in [0.3, 0.4) is 0 Å². The van der Waals surface area contributed by atoms with Crippen LogP contribution in [0.15, 0.2) is 90.7 Å². The predicted molar refractivity (Wildman–Crippen MR) is 73.8 cm³/mol. The normalized spacial score (nSPS) is 11.5. The zero-order valence-electron chi connectivity index (χ0n) is 10.3. The third-order valence-corrected chi connectivity index (χ3v) is 2.59. The molecular formula is C17H14FeO. The molecule has 0 aliphatic heterocycles. The second kappa shape index (κ2) is 8.25. The van der Waals surface area contributed by atoms with Gasteiger partial charge in [-0.25, -0.2) is 0 Å². The summed E-state index contributed by atoms with van der Waals surface area (Å²) in [6.45, 7) is 0. The second-order valence-electron chi connectivity index (χ2n) is 3.88. The van der Waals surface area contributed by atoms with Gasteiger partial charge in [0.1, 0.15) is 0 Å². The van der Waals surface area contributed by atoms with Crippen LogP contribution in [-0.4, -0.2) is 0 Å². The minimum absolute atomic E-state index is 0. The Morgan fingerprint density at radius 2 is 1.58 bits per heavy atom. The van der Waals surface area contributed by atoms with E-state index in [4.69, 9.17) is 0 Å². The summed E-state index contributed by atoms with van der Waals surface area (Å²) in [6.07, 6.45) is 8.05. The molecule has 1 nitrogen and oxygen atoms in total. The predicted octanol–water partition coefficient (Wildman–Crippen LogP) is 3.43. The second-order valence-corrected chi connectivity index (χ2v) is 3.88. The monoisotopic (exact) mass is 290 g/mol. The van der Waals surface area contributed by atoms with Crippen LogP contribution in [0.4, 0.5) is 0 Å². The molecule has 0 N–H and O–H groups in total. The Morgan fingerprint density at radius 1 is 0.895 bits per heavy atom. The molecule has 0 saturated heterocycles. The quantitative estimate of drug-likeness (QED) is 0.448. The molecule has 96 valence electrons. The Balaban J connectivity index is 0.000000198. The van der Waals surface area contributed by atoms with Gasteiger partial charge in [-0.1, -0.05) is 54.6 Å². The summed E-state index contributed by atoms with van der Waals surface area (Å²) >= 11 is 0. The molecule has 0 bridgehead atoms. The van der Waals surface area contributed by atoms with Gasteiger partial charge in [0, 0.05) is 0 Å². The maximum Gasteiger partial charge on any atom is 2.00 e. The molecule has 2 aromatic carbocycles. The van der Waals surface area contributed by atoms with E-state index in [-0.39, 0.29) is 17.1 Å². The summed E-state index contributed by atoms with van der Waals surface area (Å²) in [4.78, 5) is 0. The van der Waals surface area contributed by atoms with Gasteiger partial charge >= 0.3 is 17.1 Å². The number of rotatable bonds is 1. The topological polar surface area (TPSA) is 23.1 Å². The van der Waals surface area contributed by atoms with Crippen LogP contribution in [-0.2, 0) is 17.1 Å². The van der Waals surface area contributed by atoms with Crippen LogP contribution in [0.25, 0.3) is 11.1 Å². The number of hydrogen-bond donors (Lipinski definition) is 0. The zero-order valence-corrected chi connectivity index (χ0v) is 11.4. The van der Waals surface area contributed by atoms with Crippen molar-refractivity contribution in [2.75, 3.05) is 0 Å². The van der Waals surface area contributed by atoms with E-state index < -0.39 is 0 Å². The van der Waals surface area contributed by atoms with E-state index in [1.165, 1.54) is 11.1 Å². The van der Waals surface area contributed by atoms with Gasteiger partial charge in [0.15, 0.2) is 0 Å². The van der Waals surface area contributed by atoms with Crippen LogP contribution in [0, 0.1) is 0 Å². The summed E-state index contributed by atoms with van der Waals surface area (Å²) < 4.78 is 0. The molecule has 1 aliphatic carbocycles. The van der Waals surface area contributed by atoms with Crippen molar-refractivity contribution in [3.63, 3.8) is 0 Å². The van der Waals surface area contributed by atoms with Crippen molar-refractivity contribution in [3.8, 4) is 11.1 Å². The van der Waals surface area contributed by atoms with Crippen molar-refractivity contribution < 1.29 is 22.2 Å². The van der Waals surface area contributed by atoms with E-state index >= 15 is 0 Å². The molecule has 0 saturated carbocycles. The van der Waals surface area contributed by atoms with Gasteiger partial charge in [0.2, 0.25) is 0 Å². The van der Waals surface area contributed by atoms with Crippen LogP contribution < -0.4 is 5.11 Å². The summed E-state index contributed by atoms with van der Waals surface area (Å²) in [5.74, 6) is 0. The third kappa shape index (κ3) is 4.70. The molecule has 0 radical (unpaired) electrons. The summed E-state index contributed by atoms with van der Waals surface area (Å²) in [6, 6.07) is 18.7. The molecule has 0 heterocycles. The smallest absolute Gasteiger partial charge is 0.877 e. The Morgan fingerprint density at radius 3 is 2.05 bits per heavy atom. The van der Waals surface area contributed by atoms with Gasteiger partial charge in [0.25, 0.3) is 0 Å². The average molecular weight is 290 g/mol. The molecule has 0 atom stereocenters. The molecule has 2 aromatic rings. The molecular weight excluding hydrogens is 276 g/mol. The average Bonchev–Trinajstić information content (AvgIpc) is 3.14. The van der Waals surface area contributed by atoms with Gasteiger partial charge < -0.3 is 5.11 Å². The molecule has 0 unspecified atom stereocenters. The Kier molecular flexibility index (Phi) is 6.59. The van der Waals surface area contributed by atoms with E-state index in [0.29, 0.717) is 0 Å². The van der Waals surface area contributed by atoms with Crippen molar-refractivity contribution in [3.05, 3.63) is 90.7 Å². The van der Waals surface area contributed by atoms with Crippen molar-refractivity contribution in [2.45, 2.75) is 0 Å². The van der Waals surface area contributed by atoms with Gasteiger partial charge in [-0.15, -0.1) is 17.9 Å². The number of hydrogen-bond acceptors (Lipinski definition) is 1. The van der Waals surface area contributed by atoms with E-state index in [1.54, 1.807) is 12.2 Å². The van der Waals surface area contributed by atoms with Gasteiger partial charge in [-0.05, 0) is 5.57 Å². The molecule has 2 heteroatoms. The largest absolute Gasteiger partial charge is 2.00 e. The van der Waals surface area contributed by atoms with E-state index in [1.807, 2.05) is 18.2 Å². The van der Waals surface area contributed by atoms with Gasteiger partial charge in [-0.2, -0.15) is 23.8 Å². The fraction of sp³-hybridized carbons (Fsp3) is 0. The molecule has 0 amide bonds. The molecule has 0 spiro atoms. The fourth-order valence-electron chi connectivity index (χ4n) is 1.66. The molecule has 19 heavy (non-hydrogen) atoms. The minimum atomic E-state index is 0. The summed E-state index contributed by atoms with van der Waals surface area (Å²) in [7, 11) is 0. The standard InChI is InChI=1S/C11H9.C6H6O.Fe/c1-2-6-10(7-3-1)11-8-4-5-9-11;7-5-6-3-1-2-4-6;/h1-9H;1-5,7H;/q-1;;+2/p-1. The maximum atomic E-state index is 9.87. The van der Waals surface area contributed by atoms with Crippen LogP contribution in [0.1, 0.15) is 0 Å². The summed E-state index contributed by atoms with van der Waals surface area (Å²) in [5, 5.41) is 9.87. The fourth-order valence-corrected chi connectivity index (χ4v) is 1.66. The van der Waals surface area contributed by atoms with E-state index in [0.717, 1.165) is 11.8 Å². The maximum absolute atomic E-state index is 9.87. The van der Waals surface area contributed by atoms with E-state index in [9.17, 15) is 5.11 Å². The molecule has 0 fully saturated rings. The third-order valence-electron chi connectivity index (χ3n) is 2.59. The Labute approximate surface area is 124 Å². The first kappa shape index (κ1) is 15.2. The van der Waals surface area contributed by atoms with Crippen LogP contribution in [0.2, 0.25) is 0 Å². The first-order chi connectivity index (χ1) is 8.90.